The van der Waals surface area contributed by atoms with E-state index in [1.54, 1.807) is 12.1 Å². The molecular formula is C16H23ClN2O. The van der Waals surface area contributed by atoms with Crippen LogP contribution in [0.5, 0.6) is 0 Å². The largest absolute Gasteiger partial charge is 0.302 e. The fraction of sp³-hybridized carbons (Fsp3) is 0.562. The van der Waals surface area contributed by atoms with E-state index in [9.17, 15) is 4.79 Å². The van der Waals surface area contributed by atoms with Crippen LogP contribution in [0.15, 0.2) is 24.3 Å². The number of ketones is 1. The Morgan fingerprint density at radius 2 is 2.30 bits per heavy atom. The second kappa shape index (κ2) is 6.70. The number of carbonyl (C=O) groups excluding carboxylic acids is 1. The van der Waals surface area contributed by atoms with Crippen molar-refractivity contribution < 1.29 is 4.79 Å². The lowest BCUT2D eigenvalue weighted by Gasteiger charge is -2.29. The second-order valence-electron chi connectivity index (χ2n) is 5.77. The molecule has 2 unspecified atom stereocenters. The van der Waals surface area contributed by atoms with E-state index in [1.807, 2.05) is 26.1 Å². The van der Waals surface area contributed by atoms with Gasteiger partial charge in [0.2, 0.25) is 0 Å². The van der Waals surface area contributed by atoms with E-state index < -0.39 is 0 Å². The maximum atomic E-state index is 12.5. The predicted molar refractivity (Wildman–Crippen MR) is 83.5 cm³/mol. The molecule has 20 heavy (non-hydrogen) atoms. The van der Waals surface area contributed by atoms with Gasteiger partial charge >= 0.3 is 0 Å². The lowest BCUT2D eigenvalue weighted by atomic mass is 10.0. The molecule has 0 radical (unpaired) electrons. The van der Waals surface area contributed by atoms with Crippen molar-refractivity contribution in [1.82, 2.24) is 9.80 Å². The van der Waals surface area contributed by atoms with Crippen LogP contribution < -0.4 is 0 Å². The van der Waals surface area contributed by atoms with E-state index in [1.165, 1.54) is 12.8 Å². The third kappa shape index (κ3) is 3.60. The molecule has 0 spiro atoms. The van der Waals surface area contributed by atoms with Crippen molar-refractivity contribution in [2.24, 2.45) is 0 Å². The van der Waals surface area contributed by atoms with E-state index in [4.69, 9.17) is 11.6 Å². The molecule has 0 aliphatic carbocycles. The number of nitrogens with zero attached hydrogens (tertiary/aromatic N) is 2. The first kappa shape index (κ1) is 15.5. The van der Waals surface area contributed by atoms with Crippen LogP contribution in [0, 0.1) is 0 Å². The normalized spacial score (nSPS) is 21.4. The highest BCUT2D eigenvalue weighted by Crippen LogP contribution is 2.18. The fourth-order valence-corrected chi connectivity index (χ4v) is 2.97. The monoisotopic (exact) mass is 294 g/mol. The van der Waals surface area contributed by atoms with Gasteiger partial charge in [-0.3, -0.25) is 9.69 Å². The Bertz CT molecular complexity index is 477. The number of halogens is 1. The van der Waals surface area contributed by atoms with Gasteiger partial charge in [0, 0.05) is 23.2 Å². The minimum atomic E-state index is -0.123. The molecule has 1 aliphatic heterocycles. The molecular weight excluding hydrogens is 272 g/mol. The average molecular weight is 295 g/mol. The Labute approximate surface area is 126 Å². The minimum Gasteiger partial charge on any atom is -0.302 e. The quantitative estimate of drug-likeness (QED) is 0.780. The van der Waals surface area contributed by atoms with Gasteiger partial charge in [0.1, 0.15) is 0 Å². The Morgan fingerprint density at radius 1 is 1.55 bits per heavy atom. The summed E-state index contributed by atoms with van der Waals surface area (Å²) >= 11 is 5.96. The molecule has 1 heterocycles. The maximum absolute atomic E-state index is 12.5. The lowest BCUT2D eigenvalue weighted by molar-refractivity contribution is 0.0842. The lowest BCUT2D eigenvalue weighted by Crippen LogP contribution is -2.43. The van der Waals surface area contributed by atoms with Gasteiger partial charge in [-0.25, -0.2) is 0 Å². The van der Waals surface area contributed by atoms with Crippen LogP contribution >= 0.6 is 11.6 Å². The number of likely N-dealkylation sites (N-methyl/N-ethyl adjacent to an activating group) is 2. The average Bonchev–Trinajstić information content (AvgIpc) is 2.82. The number of Topliss-reactive ketones (excluding diaryl/α,β-unsaturated/α-hetero) is 1. The first-order chi connectivity index (χ1) is 9.49. The number of benzene rings is 1. The van der Waals surface area contributed by atoms with E-state index in [-0.39, 0.29) is 11.8 Å². The van der Waals surface area contributed by atoms with Crippen molar-refractivity contribution in [2.45, 2.75) is 31.8 Å². The number of hydrogen-bond acceptors (Lipinski definition) is 3. The second-order valence-corrected chi connectivity index (χ2v) is 6.20. The summed E-state index contributed by atoms with van der Waals surface area (Å²) < 4.78 is 0. The van der Waals surface area contributed by atoms with Crippen molar-refractivity contribution in [3.63, 3.8) is 0 Å². The van der Waals surface area contributed by atoms with E-state index in [0.717, 1.165) is 13.1 Å². The minimum absolute atomic E-state index is 0.123. The van der Waals surface area contributed by atoms with Crippen LogP contribution in [0.25, 0.3) is 0 Å². The highest BCUT2D eigenvalue weighted by atomic mass is 35.5. The van der Waals surface area contributed by atoms with Gasteiger partial charge < -0.3 is 4.90 Å². The summed E-state index contributed by atoms with van der Waals surface area (Å²) in [5.74, 6) is 0.135. The van der Waals surface area contributed by atoms with E-state index in [2.05, 4.69) is 16.8 Å². The van der Waals surface area contributed by atoms with Crippen LogP contribution in [0.1, 0.15) is 30.1 Å². The van der Waals surface area contributed by atoms with Crippen molar-refractivity contribution >= 4 is 17.4 Å². The van der Waals surface area contributed by atoms with Crippen molar-refractivity contribution in [2.75, 3.05) is 27.2 Å². The molecule has 3 nitrogen and oxygen atoms in total. The first-order valence-electron chi connectivity index (χ1n) is 7.19. The topological polar surface area (TPSA) is 23.6 Å². The Morgan fingerprint density at radius 3 is 2.90 bits per heavy atom. The first-order valence-corrected chi connectivity index (χ1v) is 7.57. The molecule has 0 saturated carbocycles. The summed E-state index contributed by atoms with van der Waals surface area (Å²) in [5.41, 5.74) is 0.691. The smallest absolute Gasteiger partial charge is 0.179 e. The summed E-state index contributed by atoms with van der Waals surface area (Å²) in [6.45, 7) is 4.07. The van der Waals surface area contributed by atoms with Crippen LogP contribution in [0.3, 0.4) is 0 Å². The number of rotatable bonds is 5. The van der Waals surface area contributed by atoms with Crippen LogP contribution in [-0.4, -0.2) is 54.9 Å². The molecule has 110 valence electrons. The molecule has 1 aromatic carbocycles. The van der Waals surface area contributed by atoms with Crippen LogP contribution in [0.2, 0.25) is 5.02 Å². The molecule has 2 rings (SSSR count). The molecule has 1 aliphatic rings. The van der Waals surface area contributed by atoms with Gasteiger partial charge in [0.15, 0.2) is 5.78 Å². The Kier molecular flexibility index (Phi) is 5.19. The van der Waals surface area contributed by atoms with Gasteiger partial charge in [-0.1, -0.05) is 23.7 Å². The standard InChI is InChI=1S/C16H23ClN2O/c1-12(16(20)13-6-4-7-14(17)10-13)19(3)11-15-8-5-9-18(15)2/h4,6-7,10,12,15H,5,8-9,11H2,1-3H3. The highest BCUT2D eigenvalue weighted by Gasteiger charge is 2.26. The predicted octanol–water partition coefficient (Wildman–Crippen LogP) is 2.94. The third-order valence-corrected chi connectivity index (χ3v) is 4.56. The molecule has 4 heteroatoms. The van der Waals surface area contributed by atoms with Crippen molar-refractivity contribution in [3.8, 4) is 0 Å². The maximum Gasteiger partial charge on any atom is 0.179 e. The van der Waals surface area contributed by atoms with Gasteiger partial charge in [-0.2, -0.15) is 0 Å². The molecule has 1 fully saturated rings. The molecule has 1 saturated heterocycles. The number of hydrogen-bond donors (Lipinski definition) is 0. The number of likely N-dealkylation sites (tertiary alicyclic amines) is 1. The van der Waals surface area contributed by atoms with Crippen LogP contribution in [0.4, 0.5) is 0 Å². The summed E-state index contributed by atoms with van der Waals surface area (Å²) in [6.07, 6.45) is 2.48. The zero-order valence-corrected chi connectivity index (χ0v) is 13.2. The van der Waals surface area contributed by atoms with Crippen LogP contribution in [-0.2, 0) is 0 Å². The third-order valence-electron chi connectivity index (χ3n) is 4.32. The highest BCUT2D eigenvalue weighted by molar-refractivity contribution is 6.31. The van der Waals surface area contributed by atoms with Crippen molar-refractivity contribution in [3.05, 3.63) is 34.9 Å². The van der Waals surface area contributed by atoms with Gasteiger partial charge in [0.05, 0.1) is 6.04 Å². The molecule has 0 N–H and O–H groups in total. The fourth-order valence-electron chi connectivity index (χ4n) is 2.78. The van der Waals surface area contributed by atoms with Gasteiger partial charge in [-0.15, -0.1) is 0 Å². The summed E-state index contributed by atoms with van der Waals surface area (Å²) in [7, 11) is 4.19. The molecule has 0 aromatic heterocycles. The molecule has 1 aromatic rings. The Hall–Kier alpha value is -0.900. The van der Waals surface area contributed by atoms with E-state index >= 15 is 0 Å². The summed E-state index contributed by atoms with van der Waals surface area (Å²) in [5, 5.41) is 0.612. The SMILES string of the molecule is CC(C(=O)c1cccc(Cl)c1)N(C)CC1CCCN1C. The zero-order valence-electron chi connectivity index (χ0n) is 12.5. The molecule has 2 atom stereocenters. The van der Waals surface area contributed by atoms with E-state index in [0.29, 0.717) is 16.6 Å². The summed E-state index contributed by atoms with van der Waals surface area (Å²) in [4.78, 5) is 17.0. The van der Waals surface area contributed by atoms with Gasteiger partial charge in [-0.05, 0) is 52.5 Å². The molecule has 0 bridgehead atoms. The van der Waals surface area contributed by atoms with Gasteiger partial charge in [0.25, 0.3) is 0 Å². The Balaban J connectivity index is 1.99. The number of carbonyl (C=O) groups is 1. The summed E-state index contributed by atoms with van der Waals surface area (Å²) in [6, 6.07) is 7.64. The molecule has 0 amide bonds. The zero-order chi connectivity index (χ0) is 14.7. The van der Waals surface area contributed by atoms with Crippen molar-refractivity contribution in [1.29, 1.82) is 0 Å².